The van der Waals surface area contributed by atoms with Gasteiger partial charge in [0.1, 0.15) is 29.6 Å². The maximum absolute atomic E-state index is 13.6. The third-order valence-electron chi connectivity index (χ3n) is 6.90. The number of aromatic nitrogens is 1. The van der Waals surface area contributed by atoms with E-state index >= 15 is 0 Å². The molecule has 5 rings (SSSR count). The van der Waals surface area contributed by atoms with Gasteiger partial charge in [-0.2, -0.15) is 0 Å². The zero-order valence-corrected chi connectivity index (χ0v) is 24.5. The van der Waals surface area contributed by atoms with Crippen LogP contribution in [0.25, 0.3) is 5.76 Å². The van der Waals surface area contributed by atoms with Crippen molar-refractivity contribution in [3.8, 4) is 17.2 Å². The molecule has 11 heteroatoms. The van der Waals surface area contributed by atoms with Gasteiger partial charge in [0.05, 0.1) is 30.5 Å². The molecule has 1 fully saturated rings. The fourth-order valence-electron chi connectivity index (χ4n) is 4.88. The van der Waals surface area contributed by atoms with Crippen LogP contribution >= 0.6 is 11.3 Å². The highest BCUT2D eigenvalue weighted by Crippen LogP contribution is 2.45. The van der Waals surface area contributed by atoms with E-state index in [-0.39, 0.29) is 33.5 Å². The Balaban J connectivity index is 1.62. The molecule has 1 unspecified atom stereocenters. The third kappa shape index (κ3) is 5.69. The second kappa shape index (κ2) is 12.6. The maximum Gasteiger partial charge on any atom is 0.350 e. The van der Waals surface area contributed by atoms with Gasteiger partial charge in [-0.05, 0) is 56.2 Å². The van der Waals surface area contributed by atoms with Crippen molar-refractivity contribution in [1.29, 1.82) is 0 Å². The summed E-state index contributed by atoms with van der Waals surface area (Å²) >= 11 is 0.956. The van der Waals surface area contributed by atoms with Gasteiger partial charge in [-0.25, -0.2) is 9.78 Å². The second-order valence-electron chi connectivity index (χ2n) is 9.79. The fraction of sp³-hybridized carbons (Fsp3) is 0.355. The molecular formula is C31H32N2O8S. The summed E-state index contributed by atoms with van der Waals surface area (Å²) in [6, 6.07) is 10.9. The largest absolute Gasteiger partial charge is 0.507 e. The minimum atomic E-state index is -1.04. The molecule has 2 aromatic carbocycles. The normalized spacial score (nSPS) is 17.4. The summed E-state index contributed by atoms with van der Waals surface area (Å²) in [5.74, 6) is -1.18. The van der Waals surface area contributed by atoms with Crippen molar-refractivity contribution in [3.63, 3.8) is 0 Å². The monoisotopic (exact) mass is 592 g/mol. The van der Waals surface area contributed by atoms with Gasteiger partial charge < -0.3 is 24.1 Å². The Morgan fingerprint density at radius 3 is 2.64 bits per heavy atom. The van der Waals surface area contributed by atoms with Crippen LogP contribution in [0.2, 0.25) is 0 Å². The number of aliphatic hydroxyl groups is 1. The standard InChI is InChI=1S/C31H32N2O8S/c1-4-6-7-13-39-21-10-8-9-19(16-21)25-24(26(34)20-11-12-22-23(17-20)41-15-14-40-22)27(35)29(36)33(25)31-32-18(3)28(42-31)30(37)38-5-2/h8-12,16-17,25,34H,4-7,13-15H2,1-3H3/b26-24-. The van der Waals surface area contributed by atoms with Crippen LogP contribution in [0.1, 0.15) is 65.6 Å². The topological polar surface area (TPSA) is 124 Å². The number of carbonyl (C=O) groups is 3. The van der Waals surface area contributed by atoms with E-state index in [4.69, 9.17) is 18.9 Å². The highest BCUT2D eigenvalue weighted by atomic mass is 32.1. The molecule has 2 aliphatic rings. The molecule has 0 bridgehead atoms. The predicted octanol–water partition coefficient (Wildman–Crippen LogP) is 5.59. The van der Waals surface area contributed by atoms with Gasteiger partial charge in [-0.15, -0.1) is 0 Å². The van der Waals surface area contributed by atoms with Gasteiger partial charge in [-0.1, -0.05) is 43.2 Å². The van der Waals surface area contributed by atoms with Crippen LogP contribution in [0.5, 0.6) is 17.2 Å². The molecule has 2 aliphatic heterocycles. The lowest BCUT2D eigenvalue weighted by Gasteiger charge is -2.24. The Bertz CT molecular complexity index is 1550. The summed E-state index contributed by atoms with van der Waals surface area (Å²) < 4.78 is 22.4. The number of benzene rings is 2. The number of ether oxygens (including phenoxy) is 4. The number of ketones is 1. The van der Waals surface area contributed by atoms with Gasteiger partial charge in [-0.3, -0.25) is 14.5 Å². The Labute approximate surface area is 247 Å². The van der Waals surface area contributed by atoms with Crippen LogP contribution < -0.4 is 19.1 Å². The number of Topliss-reactive ketones (excluding diaryl/α,β-unsaturated/α-hetero) is 1. The molecule has 1 saturated heterocycles. The lowest BCUT2D eigenvalue weighted by molar-refractivity contribution is -0.132. The Hall–Kier alpha value is -4.38. The first-order valence-electron chi connectivity index (χ1n) is 13.9. The molecular weight excluding hydrogens is 560 g/mol. The van der Waals surface area contributed by atoms with Gasteiger partial charge >= 0.3 is 11.9 Å². The Kier molecular flexibility index (Phi) is 8.77. The number of aliphatic hydroxyl groups excluding tert-OH is 1. The molecule has 1 aromatic heterocycles. The smallest absolute Gasteiger partial charge is 0.350 e. The SMILES string of the molecule is CCCCCOc1cccc(C2/C(=C(/O)c3ccc4c(c3)OCCO4)C(=O)C(=O)N2c2nc(C)c(C(=O)OCC)s2)c1. The lowest BCUT2D eigenvalue weighted by atomic mass is 9.95. The van der Waals surface area contributed by atoms with Crippen LogP contribution in [0.3, 0.4) is 0 Å². The number of amides is 1. The molecule has 0 radical (unpaired) electrons. The van der Waals surface area contributed by atoms with Crippen LogP contribution in [0.4, 0.5) is 5.13 Å². The lowest BCUT2D eigenvalue weighted by Crippen LogP contribution is -2.29. The summed E-state index contributed by atoms with van der Waals surface area (Å²) in [6.45, 7) is 6.89. The minimum Gasteiger partial charge on any atom is -0.507 e. The average molecular weight is 593 g/mol. The number of unbranched alkanes of at least 4 members (excludes halogenated alkanes) is 2. The molecule has 10 nitrogen and oxygen atoms in total. The van der Waals surface area contributed by atoms with Crippen molar-refractivity contribution in [2.75, 3.05) is 31.3 Å². The molecule has 0 spiro atoms. The molecule has 1 amide bonds. The number of aryl methyl sites for hydroxylation is 1. The van der Waals surface area contributed by atoms with E-state index in [0.717, 1.165) is 30.6 Å². The van der Waals surface area contributed by atoms with E-state index in [9.17, 15) is 19.5 Å². The van der Waals surface area contributed by atoms with E-state index < -0.39 is 23.7 Å². The zero-order chi connectivity index (χ0) is 29.8. The number of nitrogens with zero attached hydrogens (tertiary/aromatic N) is 2. The number of esters is 1. The molecule has 0 saturated carbocycles. The van der Waals surface area contributed by atoms with Crippen LogP contribution in [-0.2, 0) is 14.3 Å². The van der Waals surface area contributed by atoms with Gasteiger partial charge in [0, 0.05) is 5.56 Å². The van der Waals surface area contributed by atoms with Crippen molar-refractivity contribution in [1.82, 2.24) is 4.98 Å². The third-order valence-corrected chi connectivity index (χ3v) is 8.04. The van der Waals surface area contributed by atoms with Gasteiger partial charge in [0.2, 0.25) is 0 Å². The fourth-order valence-corrected chi connectivity index (χ4v) is 5.87. The molecule has 220 valence electrons. The summed E-state index contributed by atoms with van der Waals surface area (Å²) in [5, 5.41) is 11.7. The van der Waals surface area contributed by atoms with Crippen molar-refractivity contribution >= 4 is 39.9 Å². The van der Waals surface area contributed by atoms with E-state index in [2.05, 4.69) is 11.9 Å². The number of thiazole rings is 1. The first-order chi connectivity index (χ1) is 20.3. The Morgan fingerprint density at radius 1 is 1.10 bits per heavy atom. The molecule has 3 heterocycles. The van der Waals surface area contributed by atoms with Crippen molar-refractivity contribution in [2.45, 2.75) is 46.1 Å². The van der Waals surface area contributed by atoms with Gasteiger partial charge in [0.25, 0.3) is 5.78 Å². The quantitative estimate of drug-likeness (QED) is 0.105. The summed E-state index contributed by atoms with van der Waals surface area (Å²) in [7, 11) is 0. The van der Waals surface area contributed by atoms with Crippen LogP contribution in [-0.4, -0.2) is 54.2 Å². The van der Waals surface area contributed by atoms with E-state index in [1.165, 1.54) is 4.90 Å². The molecule has 1 N–H and O–H groups in total. The number of fused-ring (bicyclic) bond motifs is 1. The summed E-state index contributed by atoms with van der Waals surface area (Å²) in [4.78, 5) is 45.7. The zero-order valence-electron chi connectivity index (χ0n) is 23.7. The van der Waals surface area contributed by atoms with Crippen LogP contribution in [0, 0.1) is 6.92 Å². The highest BCUT2D eigenvalue weighted by molar-refractivity contribution is 7.17. The number of hydrogen-bond acceptors (Lipinski definition) is 10. The van der Waals surface area contributed by atoms with Crippen molar-refractivity contribution in [3.05, 3.63) is 69.7 Å². The molecule has 3 aromatic rings. The number of anilines is 1. The van der Waals surface area contributed by atoms with E-state index in [1.54, 1.807) is 56.3 Å². The van der Waals surface area contributed by atoms with Crippen LogP contribution in [0.15, 0.2) is 48.0 Å². The molecule has 1 atom stereocenters. The molecule has 0 aliphatic carbocycles. The van der Waals surface area contributed by atoms with Crippen molar-refractivity contribution in [2.24, 2.45) is 0 Å². The minimum absolute atomic E-state index is 0.120. The van der Waals surface area contributed by atoms with Gasteiger partial charge in [0.15, 0.2) is 16.6 Å². The number of hydrogen-bond donors (Lipinski definition) is 1. The first-order valence-corrected chi connectivity index (χ1v) is 14.7. The second-order valence-corrected chi connectivity index (χ2v) is 10.8. The highest BCUT2D eigenvalue weighted by Gasteiger charge is 2.48. The maximum atomic E-state index is 13.6. The van der Waals surface area contributed by atoms with E-state index in [1.807, 2.05) is 0 Å². The van der Waals surface area contributed by atoms with E-state index in [0.29, 0.717) is 48.3 Å². The predicted molar refractivity (Wildman–Crippen MR) is 156 cm³/mol. The molecule has 42 heavy (non-hydrogen) atoms. The number of carbonyl (C=O) groups excluding carboxylic acids is 3. The number of rotatable bonds is 10. The Morgan fingerprint density at radius 2 is 1.88 bits per heavy atom. The summed E-state index contributed by atoms with van der Waals surface area (Å²) in [5.41, 5.74) is 1.07. The van der Waals surface area contributed by atoms with Crippen molar-refractivity contribution < 1.29 is 38.4 Å². The average Bonchev–Trinajstić information content (AvgIpc) is 3.51. The summed E-state index contributed by atoms with van der Waals surface area (Å²) in [6.07, 6.45) is 2.97. The first kappa shape index (κ1) is 29.1.